The van der Waals surface area contributed by atoms with Crippen molar-refractivity contribution in [2.24, 2.45) is 0 Å². The van der Waals surface area contributed by atoms with Crippen LogP contribution in [0.1, 0.15) is 30.9 Å². The molecule has 1 amide bonds. The molecule has 0 bridgehead atoms. The first-order valence-corrected chi connectivity index (χ1v) is 8.02. The van der Waals surface area contributed by atoms with Gasteiger partial charge in [0.15, 0.2) is 5.82 Å². The van der Waals surface area contributed by atoms with Gasteiger partial charge in [-0.1, -0.05) is 5.16 Å². The summed E-state index contributed by atoms with van der Waals surface area (Å²) in [6.07, 6.45) is 2.29. The van der Waals surface area contributed by atoms with Crippen LogP contribution in [0, 0.1) is 6.92 Å². The molecule has 0 aromatic carbocycles. The highest BCUT2D eigenvalue weighted by molar-refractivity contribution is 5.93. The second-order valence-electron chi connectivity index (χ2n) is 5.75. The summed E-state index contributed by atoms with van der Waals surface area (Å²) in [7, 11) is 0. The van der Waals surface area contributed by atoms with Gasteiger partial charge in [0.25, 0.3) is 0 Å². The Kier molecular flexibility index (Phi) is 4.75. The Morgan fingerprint density at radius 2 is 2.33 bits per heavy atom. The van der Waals surface area contributed by atoms with Crippen molar-refractivity contribution in [3.05, 3.63) is 29.4 Å². The average Bonchev–Trinajstić information content (AvgIpc) is 2.99. The molecule has 24 heavy (non-hydrogen) atoms. The predicted octanol–water partition coefficient (Wildman–Crippen LogP) is 1.56. The number of aryl methyl sites for hydroxylation is 1. The maximum atomic E-state index is 12.4. The summed E-state index contributed by atoms with van der Waals surface area (Å²) in [6.45, 7) is 7.45. The van der Waals surface area contributed by atoms with Crippen molar-refractivity contribution in [3.63, 3.8) is 0 Å². The molecule has 1 N–H and O–H groups in total. The summed E-state index contributed by atoms with van der Waals surface area (Å²) in [5.74, 6) is 1.57. The minimum Gasteiger partial charge on any atom is -0.478 e. The van der Waals surface area contributed by atoms with Crippen LogP contribution in [0.2, 0.25) is 0 Å². The van der Waals surface area contributed by atoms with Gasteiger partial charge in [0.05, 0.1) is 18.3 Å². The number of carbonyl (C=O) groups excluding carboxylic acids is 1. The number of amides is 1. The van der Waals surface area contributed by atoms with Crippen LogP contribution in [0.15, 0.2) is 16.9 Å². The monoisotopic (exact) mass is 331 g/mol. The van der Waals surface area contributed by atoms with E-state index >= 15 is 0 Å². The quantitative estimate of drug-likeness (QED) is 0.888. The first kappa shape index (κ1) is 16.4. The zero-order valence-electron chi connectivity index (χ0n) is 14.1. The van der Waals surface area contributed by atoms with Gasteiger partial charge in [-0.15, -0.1) is 0 Å². The maximum Gasteiger partial charge on any atom is 0.242 e. The first-order chi connectivity index (χ1) is 11.6. The lowest BCUT2D eigenvalue weighted by Crippen LogP contribution is -2.44. The topological polar surface area (TPSA) is 93.4 Å². The molecule has 1 atom stereocenters. The van der Waals surface area contributed by atoms with E-state index in [1.807, 2.05) is 13.8 Å². The lowest BCUT2D eigenvalue weighted by Gasteiger charge is -2.32. The Hall–Kier alpha value is -2.48. The second kappa shape index (κ2) is 6.96. The van der Waals surface area contributed by atoms with Crippen molar-refractivity contribution in [1.82, 2.24) is 20.0 Å². The largest absolute Gasteiger partial charge is 0.478 e. The molecular weight excluding hydrogens is 310 g/mol. The zero-order valence-corrected chi connectivity index (χ0v) is 14.1. The van der Waals surface area contributed by atoms with Crippen LogP contribution < -0.4 is 10.1 Å². The third-order valence-corrected chi connectivity index (χ3v) is 4.08. The van der Waals surface area contributed by atoms with Crippen LogP contribution in [-0.4, -0.2) is 45.1 Å². The van der Waals surface area contributed by atoms with Gasteiger partial charge in [-0.3, -0.25) is 9.69 Å². The number of anilines is 1. The number of carbonyl (C=O) groups is 1. The SMILES string of the molecule is CCOc1ncnc2c1CN([C@@H](C)C(=O)Nc1cc(C)on1)CC2. The van der Waals surface area contributed by atoms with Crippen molar-refractivity contribution in [1.29, 1.82) is 0 Å². The van der Waals surface area contributed by atoms with Crippen LogP contribution in [0.3, 0.4) is 0 Å². The van der Waals surface area contributed by atoms with Gasteiger partial charge in [0.2, 0.25) is 11.8 Å². The molecule has 0 saturated heterocycles. The van der Waals surface area contributed by atoms with E-state index in [1.165, 1.54) is 6.33 Å². The smallest absolute Gasteiger partial charge is 0.242 e. The van der Waals surface area contributed by atoms with Crippen molar-refractivity contribution in [2.75, 3.05) is 18.5 Å². The third kappa shape index (κ3) is 3.38. The minimum atomic E-state index is -0.315. The Bertz CT molecular complexity index is 730. The van der Waals surface area contributed by atoms with Crippen molar-refractivity contribution < 1.29 is 14.1 Å². The second-order valence-corrected chi connectivity index (χ2v) is 5.75. The fourth-order valence-corrected chi connectivity index (χ4v) is 2.75. The van der Waals surface area contributed by atoms with E-state index in [2.05, 4.69) is 25.3 Å². The average molecular weight is 331 g/mol. The van der Waals surface area contributed by atoms with Crippen molar-refractivity contribution in [3.8, 4) is 5.88 Å². The minimum absolute atomic E-state index is 0.124. The molecule has 128 valence electrons. The molecule has 0 spiro atoms. The van der Waals surface area contributed by atoms with E-state index in [9.17, 15) is 4.79 Å². The third-order valence-electron chi connectivity index (χ3n) is 4.08. The summed E-state index contributed by atoms with van der Waals surface area (Å²) in [4.78, 5) is 23.1. The summed E-state index contributed by atoms with van der Waals surface area (Å²) >= 11 is 0. The Morgan fingerprint density at radius 3 is 3.04 bits per heavy atom. The molecule has 1 aliphatic heterocycles. The molecule has 0 unspecified atom stereocenters. The highest BCUT2D eigenvalue weighted by Crippen LogP contribution is 2.26. The predicted molar refractivity (Wildman–Crippen MR) is 86.6 cm³/mol. The van der Waals surface area contributed by atoms with E-state index < -0.39 is 0 Å². The van der Waals surface area contributed by atoms with E-state index in [1.54, 1.807) is 13.0 Å². The van der Waals surface area contributed by atoms with Crippen molar-refractivity contribution in [2.45, 2.75) is 39.8 Å². The molecule has 0 radical (unpaired) electrons. The summed E-state index contributed by atoms with van der Waals surface area (Å²) < 4.78 is 10.6. The van der Waals surface area contributed by atoms with Crippen LogP contribution in [-0.2, 0) is 17.8 Å². The molecule has 0 aliphatic carbocycles. The van der Waals surface area contributed by atoms with Crippen LogP contribution >= 0.6 is 0 Å². The van der Waals surface area contributed by atoms with Gasteiger partial charge >= 0.3 is 0 Å². The van der Waals surface area contributed by atoms with E-state index in [-0.39, 0.29) is 11.9 Å². The molecule has 0 fully saturated rings. The Morgan fingerprint density at radius 1 is 1.50 bits per heavy atom. The number of nitrogens with zero attached hydrogens (tertiary/aromatic N) is 4. The molecule has 3 heterocycles. The highest BCUT2D eigenvalue weighted by atomic mass is 16.5. The molecule has 3 rings (SSSR count). The highest BCUT2D eigenvalue weighted by Gasteiger charge is 2.28. The number of hydrogen-bond donors (Lipinski definition) is 1. The van der Waals surface area contributed by atoms with Gasteiger partial charge in [-0.05, 0) is 20.8 Å². The standard InChI is InChI=1S/C16H21N5O3/c1-4-23-16-12-8-21(6-5-13(12)17-9-18-16)11(3)15(22)19-14-7-10(2)24-20-14/h7,9,11H,4-6,8H2,1-3H3,(H,19,20,22)/t11-/m0/s1. The summed E-state index contributed by atoms with van der Waals surface area (Å²) in [5.41, 5.74) is 1.95. The van der Waals surface area contributed by atoms with Gasteiger partial charge in [-0.25, -0.2) is 9.97 Å². The summed E-state index contributed by atoms with van der Waals surface area (Å²) in [5, 5.41) is 6.57. The molecule has 0 saturated carbocycles. The fourth-order valence-electron chi connectivity index (χ4n) is 2.75. The lowest BCUT2D eigenvalue weighted by molar-refractivity contribution is -0.121. The fraction of sp³-hybridized carbons (Fsp3) is 0.500. The van der Waals surface area contributed by atoms with Gasteiger partial charge in [-0.2, -0.15) is 0 Å². The molecule has 8 nitrogen and oxygen atoms in total. The van der Waals surface area contributed by atoms with E-state index in [4.69, 9.17) is 9.26 Å². The van der Waals surface area contributed by atoms with Crippen LogP contribution in [0.25, 0.3) is 0 Å². The molecule has 8 heteroatoms. The molecular formula is C16H21N5O3. The van der Waals surface area contributed by atoms with E-state index in [0.29, 0.717) is 30.6 Å². The number of fused-ring (bicyclic) bond motifs is 1. The number of aromatic nitrogens is 3. The zero-order chi connectivity index (χ0) is 17.1. The number of nitrogens with one attached hydrogen (secondary N) is 1. The number of hydrogen-bond acceptors (Lipinski definition) is 7. The molecule has 1 aliphatic rings. The van der Waals surface area contributed by atoms with Crippen LogP contribution in [0.4, 0.5) is 5.82 Å². The maximum absolute atomic E-state index is 12.4. The number of rotatable bonds is 5. The molecule has 2 aromatic rings. The summed E-state index contributed by atoms with van der Waals surface area (Å²) in [6, 6.07) is 1.38. The van der Waals surface area contributed by atoms with Gasteiger partial charge in [0.1, 0.15) is 12.1 Å². The van der Waals surface area contributed by atoms with Gasteiger partial charge < -0.3 is 14.6 Å². The Labute approximate surface area is 140 Å². The number of ether oxygens (including phenoxy) is 1. The van der Waals surface area contributed by atoms with Crippen molar-refractivity contribution >= 4 is 11.7 Å². The normalized spacial score (nSPS) is 15.6. The van der Waals surface area contributed by atoms with E-state index in [0.717, 1.165) is 24.2 Å². The van der Waals surface area contributed by atoms with Gasteiger partial charge in [0, 0.05) is 31.1 Å². The Balaban J connectivity index is 1.71. The lowest BCUT2D eigenvalue weighted by atomic mass is 10.0. The first-order valence-electron chi connectivity index (χ1n) is 8.02. The van der Waals surface area contributed by atoms with Crippen LogP contribution in [0.5, 0.6) is 5.88 Å². The molecule has 2 aromatic heterocycles.